The number of carbonyl (C=O) groups is 1. The van der Waals surface area contributed by atoms with Crippen LogP contribution < -0.4 is 10.8 Å². The van der Waals surface area contributed by atoms with Gasteiger partial charge in [-0.25, -0.2) is 4.79 Å². The molecule has 0 saturated heterocycles. The summed E-state index contributed by atoms with van der Waals surface area (Å²) < 4.78 is 0. The van der Waals surface area contributed by atoms with Crippen LogP contribution in [0.5, 0.6) is 5.75 Å². The Balaban J connectivity index is 3.23. The van der Waals surface area contributed by atoms with Gasteiger partial charge in [0, 0.05) is 5.69 Å². The van der Waals surface area contributed by atoms with E-state index in [1.807, 2.05) is 0 Å². The van der Waals surface area contributed by atoms with Crippen LogP contribution in [-0.4, -0.2) is 11.1 Å². The molecule has 1 rings (SSSR count). The predicted molar refractivity (Wildman–Crippen MR) is 37.3 cm³/mol. The van der Waals surface area contributed by atoms with Gasteiger partial charge in [0.15, 0.2) is 0 Å². The Morgan fingerprint density at radius 2 is 2.18 bits per heavy atom. The van der Waals surface area contributed by atoms with Crippen molar-refractivity contribution in [2.45, 2.75) is 0 Å². The van der Waals surface area contributed by atoms with E-state index in [0.29, 0.717) is 0 Å². The highest BCUT2D eigenvalue weighted by Gasteiger charge is 2.04. The number of aromatic carboxylic acids is 1. The number of nitrogens with two attached hydrogens (primary N) is 1. The van der Waals surface area contributed by atoms with Crippen molar-refractivity contribution >= 4 is 11.7 Å². The molecule has 0 aliphatic carbocycles. The van der Waals surface area contributed by atoms with Crippen LogP contribution in [0.4, 0.5) is 5.69 Å². The Labute approximate surface area is 62.9 Å². The van der Waals surface area contributed by atoms with Crippen LogP contribution in [0.15, 0.2) is 18.2 Å². The summed E-state index contributed by atoms with van der Waals surface area (Å²) in [5.74, 6) is -1.53. The van der Waals surface area contributed by atoms with Gasteiger partial charge in [-0.1, -0.05) is 12.1 Å². The molecule has 4 nitrogen and oxygen atoms in total. The van der Waals surface area contributed by atoms with Crippen molar-refractivity contribution in [1.82, 2.24) is 0 Å². The van der Waals surface area contributed by atoms with Crippen LogP contribution in [0.1, 0.15) is 10.4 Å². The number of benzene rings is 1. The number of nitrogen functional groups attached to an aromatic ring is 1. The zero-order chi connectivity index (χ0) is 8.43. The molecule has 58 valence electrons. The maximum absolute atomic E-state index is 10.6. The Morgan fingerprint density at radius 1 is 1.55 bits per heavy atom. The summed E-state index contributed by atoms with van der Waals surface area (Å²) in [6, 6.07) is 3.51. The first-order chi connectivity index (χ1) is 5.11. The maximum Gasteiger partial charge on any atom is 0.337 e. The Hall–Kier alpha value is -1.71. The van der Waals surface area contributed by atoms with Crippen LogP contribution in [0.2, 0.25) is 0 Å². The smallest absolute Gasteiger partial charge is 0.337 e. The number of rotatable bonds is 1. The van der Waals surface area contributed by atoms with Gasteiger partial charge in [-0.05, 0) is 6.07 Å². The monoisotopic (exact) mass is 152 g/mol. The molecule has 11 heavy (non-hydrogen) atoms. The lowest BCUT2D eigenvalue weighted by molar-refractivity contribution is -0.268. The standard InChI is InChI=1S/C7H7NO3/c8-6-2-1-4(9)3-5(6)7(10)11/h1-3,9H,8H2,(H,10,11)/p-1. The highest BCUT2D eigenvalue weighted by atomic mass is 16.4. The van der Waals surface area contributed by atoms with E-state index in [0.717, 1.165) is 6.07 Å². The molecule has 0 bridgehead atoms. The van der Waals surface area contributed by atoms with Gasteiger partial charge in [0.05, 0.1) is 5.56 Å². The fourth-order valence-electron chi connectivity index (χ4n) is 0.721. The number of hydrogen-bond acceptors (Lipinski definition) is 3. The molecule has 0 heterocycles. The fourth-order valence-corrected chi connectivity index (χ4v) is 0.721. The van der Waals surface area contributed by atoms with Gasteiger partial charge in [0.25, 0.3) is 0 Å². The van der Waals surface area contributed by atoms with Crippen molar-refractivity contribution in [3.8, 4) is 5.75 Å². The predicted octanol–water partition coefficient (Wildman–Crippen LogP) is 0.0406. The SMILES string of the molecule is Nc1ccc([O-])cc1C(=O)O. The summed E-state index contributed by atoms with van der Waals surface area (Å²) in [6.45, 7) is 0. The molecule has 3 N–H and O–H groups in total. The molecule has 0 spiro atoms. The van der Waals surface area contributed by atoms with Crippen molar-refractivity contribution in [2.24, 2.45) is 0 Å². The molecule has 4 heteroatoms. The molecular weight excluding hydrogens is 146 g/mol. The first kappa shape index (κ1) is 7.40. The summed E-state index contributed by atoms with van der Waals surface area (Å²) in [4.78, 5) is 10.4. The average molecular weight is 152 g/mol. The lowest BCUT2D eigenvalue weighted by Gasteiger charge is -2.06. The Bertz CT molecular complexity index is 296. The van der Waals surface area contributed by atoms with E-state index in [4.69, 9.17) is 10.8 Å². The Kier molecular flexibility index (Phi) is 1.68. The molecule has 0 amide bonds. The first-order valence-electron chi connectivity index (χ1n) is 2.91. The molecule has 0 aliphatic rings. The molecule has 0 radical (unpaired) electrons. The van der Waals surface area contributed by atoms with Gasteiger partial charge < -0.3 is 15.9 Å². The highest BCUT2D eigenvalue weighted by molar-refractivity contribution is 5.93. The van der Waals surface area contributed by atoms with Crippen molar-refractivity contribution in [1.29, 1.82) is 0 Å². The van der Waals surface area contributed by atoms with Gasteiger partial charge >= 0.3 is 5.97 Å². The number of hydrogen-bond donors (Lipinski definition) is 2. The van der Waals surface area contributed by atoms with Crippen LogP contribution in [0, 0.1) is 0 Å². The molecule has 0 aromatic heterocycles. The maximum atomic E-state index is 10.6. The lowest BCUT2D eigenvalue weighted by Crippen LogP contribution is -2.03. The van der Waals surface area contributed by atoms with E-state index in [-0.39, 0.29) is 17.0 Å². The molecule has 1 aromatic carbocycles. The van der Waals surface area contributed by atoms with Crippen LogP contribution in [0.25, 0.3) is 0 Å². The summed E-state index contributed by atoms with van der Waals surface area (Å²) >= 11 is 0. The zero-order valence-electron chi connectivity index (χ0n) is 5.57. The van der Waals surface area contributed by atoms with Crippen LogP contribution in [0.3, 0.4) is 0 Å². The van der Waals surface area contributed by atoms with Gasteiger partial charge in [-0.2, -0.15) is 0 Å². The van der Waals surface area contributed by atoms with Gasteiger partial charge in [-0.15, -0.1) is 5.75 Å². The Morgan fingerprint density at radius 3 is 2.64 bits per heavy atom. The summed E-state index contributed by atoms with van der Waals surface area (Å²) in [6.07, 6.45) is 0. The molecule has 0 saturated carbocycles. The second-order valence-corrected chi connectivity index (χ2v) is 2.05. The van der Waals surface area contributed by atoms with Gasteiger partial charge in [0.2, 0.25) is 0 Å². The van der Waals surface area contributed by atoms with Gasteiger partial charge in [-0.3, -0.25) is 0 Å². The zero-order valence-corrected chi connectivity index (χ0v) is 5.57. The topological polar surface area (TPSA) is 86.4 Å². The third kappa shape index (κ3) is 1.40. The second kappa shape index (κ2) is 2.49. The highest BCUT2D eigenvalue weighted by Crippen LogP contribution is 2.15. The number of anilines is 1. The van der Waals surface area contributed by atoms with E-state index in [1.165, 1.54) is 12.1 Å². The molecular formula is C7H6NO3-. The molecule has 0 atom stereocenters. The van der Waals surface area contributed by atoms with E-state index in [1.54, 1.807) is 0 Å². The van der Waals surface area contributed by atoms with Crippen molar-refractivity contribution in [3.05, 3.63) is 23.8 Å². The summed E-state index contributed by atoms with van der Waals surface area (Å²) in [7, 11) is 0. The van der Waals surface area contributed by atoms with Crippen molar-refractivity contribution in [3.63, 3.8) is 0 Å². The first-order valence-corrected chi connectivity index (χ1v) is 2.91. The minimum Gasteiger partial charge on any atom is -0.872 e. The van der Waals surface area contributed by atoms with E-state index in [9.17, 15) is 9.90 Å². The molecule has 0 fully saturated rings. The average Bonchev–Trinajstić information content (AvgIpc) is 1.94. The van der Waals surface area contributed by atoms with E-state index < -0.39 is 5.97 Å². The quantitative estimate of drug-likeness (QED) is 0.556. The largest absolute Gasteiger partial charge is 0.872 e. The third-order valence-corrected chi connectivity index (χ3v) is 1.26. The van der Waals surface area contributed by atoms with E-state index in [2.05, 4.69) is 0 Å². The molecule has 0 unspecified atom stereocenters. The summed E-state index contributed by atoms with van der Waals surface area (Å²) in [5.41, 5.74) is 5.24. The van der Waals surface area contributed by atoms with Gasteiger partial charge in [0.1, 0.15) is 0 Å². The normalized spacial score (nSPS) is 9.45. The van der Waals surface area contributed by atoms with Crippen molar-refractivity contribution < 1.29 is 15.0 Å². The minimum absolute atomic E-state index is 0.108. The second-order valence-electron chi connectivity index (χ2n) is 2.05. The van der Waals surface area contributed by atoms with Crippen LogP contribution in [-0.2, 0) is 0 Å². The lowest BCUT2D eigenvalue weighted by atomic mass is 10.2. The molecule has 1 aromatic rings. The van der Waals surface area contributed by atoms with Crippen molar-refractivity contribution in [2.75, 3.05) is 5.73 Å². The third-order valence-electron chi connectivity index (χ3n) is 1.26. The fraction of sp³-hybridized carbons (Fsp3) is 0. The summed E-state index contributed by atoms with van der Waals surface area (Å²) in [5, 5.41) is 19.1. The van der Waals surface area contributed by atoms with E-state index >= 15 is 0 Å². The number of carboxylic acids is 1. The van der Waals surface area contributed by atoms with Crippen LogP contribution >= 0.6 is 0 Å². The molecule has 0 aliphatic heterocycles. The minimum atomic E-state index is -1.18. The number of carboxylic acid groups (broad SMARTS) is 1.